The smallest absolute Gasteiger partial charge is 0.310 e. The topological polar surface area (TPSA) is 65.1 Å². The van der Waals surface area contributed by atoms with E-state index in [0.717, 1.165) is 17.8 Å². The third kappa shape index (κ3) is 2.23. The molecule has 1 aliphatic rings. The molecule has 0 N–H and O–H groups in total. The number of para-hydroxylation sites is 1. The molecule has 0 amide bonds. The number of hydrogen-bond donors (Lipinski definition) is 0. The van der Waals surface area contributed by atoms with Gasteiger partial charge in [-0.1, -0.05) is 30.4 Å². The van der Waals surface area contributed by atoms with E-state index >= 15 is 0 Å². The molecule has 0 bridgehead atoms. The van der Waals surface area contributed by atoms with Gasteiger partial charge in [0, 0.05) is 25.8 Å². The Bertz CT molecular complexity index is 1100. The standard InChI is InChI=1S/C18H19N5O2/c1-12(2)11-23-16(24)14-15(20(3)18(23)25)19-17-21(9-10-22(14)17)13-7-5-4-6-8-13/h4-8H,1,9-11H2,2-3H3. The van der Waals surface area contributed by atoms with Crippen LogP contribution in [0.25, 0.3) is 11.2 Å². The zero-order valence-corrected chi connectivity index (χ0v) is 14.3. The van der Waals surface area contributed by atoms with E-state index in [1.165, 1.54) is 9.13 Å². The van der Waals surface area contributed by atoms with Gasteiger partial charge in [0.1, 0.15) is 0 Å². The summed E-state index contributed by atoms with van der Waals surface area (Å²) in [6.07, 6.45) is 0. The number of allylic oxidation sites excluding steroid dienone is 1. The van der Waals surface area contributed by atoms with Gasteiger partial charge in [-0.05, 0) is 19.1 Å². The van der Waals surface area contributed by atoms with Crippen LogP contribution in [-0.2, 0) is 20.1 Å². The third-order valence-electron chi connectivity index (χ3n) is 4.50. The minimum absolute atomic E-state index is 0.213. The summed E-state index contributed by atoms with van der Waals surface area (Å²) in [7, 11) is 1.65. The molecule has 1 aromatic carbocycles. The first-order valence-electron chi connectivity index (χ1n) is 8.16. The highest BCUT2D eigenvalue weighted by molar-refractivity contribution is 5.77. The fraction of sp³-hybridized carbons (Fsp3) is 0.278. The molecule has 7 nitrogen and oxygen atoms in total. The molecular formula is C18H19N5O2. The minimum atomic E-state index is -0.372. The Hall–Kier alpha value is -3.09. The lowest BCUT2D eigenvalue weighted by atomic mass is 10.3. The van der Waals surface area contributed by atoms with Crippen LogP contribution in [0.3, 0.4) is 0 Å². The molecule has 0 unspecified atom stereocenters. The summed E-state index contributed by atoms with van der Waals surface area (Å²) >= 11 is 0. The van der Waals surface area contributed by atoms with Crippen LogP contribution in [-0.4, -0.2) is 25.2 Å². The molecule has 0 spiro atoms. The van der Waals surface area contributed by atoms with Crippen molar-refractivity contribution < 1.29 is 0 Å². The number of aryl methyl sites for hydroxylation is 1. The second-order valence-electron chi connectivity index (χ2n) is 6.41. The van der Waals surface area contributed by atoms with Crippen LogP contribution in [0.1, 0.15) is 6.92 Å². The van der Waals surface area contributed by atoms with Crippen molar-refractivity contribution in [1.82, 2.24) is 18.7 Å². The van der Waals surface area contributed by atoms with Crippen molar-refractivity contribution in [1.29, 1.82) is 0 Å². The maximum Gasteiger partial charge on any atom is 0.332 e. The van der Waals surface area contributed by atoms with Crippen molar-refractivity contribution in [3.05, 3.63) is 63.3 Å². The maximum atomic E-state index is 12.9. The summed E-state index contributed by atoms with van der Waals surface area (Å²) in [6, 6.07) is 9.91. The Morgan fingerprint density at radius 2 is 1.92 bits per heavy atom. The number of hydrogen-bond acceptors (Lipinski definition) is 4. The molecule has 0 saturated heterocycles. The Balaban J connectivity index is 1.98. The number of benzene rings is 1. The average Bonchev–Trinajstić information content (AvgIpc) is 3.16. The first-order valence-corrected chi connectivity index (χ1v) is 8.16. The van der Waals surface area contributed by atoms with E-state index in [4.69, 9.17) is 0 Å². The van der Waals surface area contributed by atoms with Gasteiger partial charge in [-0.25, -0.2) is 4.79 Å². The molecule has 0 saturated carbocycles. The van der Waals surface area contributed by atoms with E-state index in [9.17, 15) is 9.59 Å². The van der Waals surface area contributed by atoms with Crippen LogP contribution in [0.2, 0.25) is 0 Å². The fourth-order valence-electron chi connectivity index (χ4n) is 3.34. The number of nitrogens with zero attached hydrogens (tertiary/aromatic N) is 5. The zero-order valence-electron chi connectivity index (χ0n) is 14.3. The molecule has 3 aromatic rings. The van der Waals surface area contributed by atoms with Gasteiger partial charge in [0.05, 0.1) is 6.54 Å². The summed E-state index contributed by atoms with van der Waals surface area (Å²) in [5.74, 6) is 0.696. The van der Waals surface area contributed by atoms with Gasteiger partial charge in [0.25, 0.3) is 5.56 Å². The summed E-state index contributed by atoms with van der Waals surface area (Å²) in [5.41, 5.74) is 1.98. The number of aromatic nitrogens is 4. The largest absolute Gasteiger partial charge is 0.332 e. The Labute approximate surface area is 144 Å². The summed E-state index contributed by atoms with van der Waals surface area (Å²) < 4.78 is 4.57. The van der Waals surface area contributed by atoms with E-state index in [-0.39, 0.29) is 17.8 Å². The zero-order chi connectivity index (χ0) is 17.7. The van der Waals surface area contributed by atoms with E-state index in [1.807, 2.05) is 34.9 Å². The van der Waals surface area contributed by atoms with Crippen molar-refractivity contribution >= 4 is 22.8 Å². The quantitative estimate of drug-likeness (QED) is 0.681. The average molecular weight is 337 g/mol. The van der Waals surface area contributed by atoms with E-state index in [2.05, 4.69) is 16.5 Å². The normalized spacial score (nSPS) is 13.4. The van der Waals surface area contributed by atoms with Gasteiger partial charge < -0.3 is 9.47 Å². The highest BCUT2D eigenvalue weighted by Crippen LogP contribution is 2.31. The highest BCUT2D eigenvalue weighted by atomic mass is 16.2. The van der Waals surface area contributed by atoms with Gasteiger partial charge in [-0.15, -0.1) is 0 Å². The van der Waals surface area contributed by atoms with Gasteiger partial charge >= 0.3 is 5.69 Å². The summed E-state index contributed by atoms with van der Waals surface area (Å²) in [5, 5.41) is 0. The van der Waals surface area contributed by atoms with E-state index in [0.29, 0.717) is 23.7 Å². The number of rotatable bonds is 3. The first kappa shape index (κ1) is 15.4. The van der Waals surface area contributed by atoms with Crippen LogP contribution in [0.15, 0.2) is 52.1 Å². The number of fused-ring (bicyclic) bond motifs is 3. The molecule has 3 heterocycles. The van der Waals surface area contributed by atoms with Gasteiger partial charge in [-0.3, -0.25) is 13.9 Å². The lowest BCUT2D eigenvalue weighted by Crippen LogP contribution is -2.39. The van der Waals surface area contributed by atoms with Gasteiger partial charge in [0.15, 0.2) is 11.2 Å². The molecule has 25 heavy (non-hydrogen) atoms. The fourth-order valence-corrected chi connectivity index (χ4v) is 3.34. The molecule has 4 rings (SSSR count). The molecule has 0 aliphatic carbocycles. The minimum Gasteiger partial charge on any atom is -0.310 e. The Morgan fingerprint density at radius 3 is 2.60 bits per heavy atom. The Kier molecular flexibility index (Phi) is 3.38. The first-order chi connectivity index (χ1) is 12.0. The van der Waals surface area contributed by atoms with Crippen molar-refractivity contribution in [3.63, 3.8) is 0 Å². The van der Waals surface area contributed by atoms with Crippen LogP contribution < -0.4 is 16.1 Å². The third-order valence-corrected chi connectivity index (χ3v) is 4.50. The number of anilines is 2. The van der Waals surface area contributed by atoms with Gasteiger partial charge in [-0.2, -0.15) is 4.98 Å². The van der Waals surface area contributed by atoms with Crippen molar-refractivity contribution in [2.45, 2.75) is 20.0 Å². The van der Waals surface area contributed by atoms with Crippen LogP contribution in [0, 0.1) is 0 Å². The maximum absolute atomic E-state index is 12.9. The molecule has 0 radical (unpaired) electrons. The molecule has 1 aliphatic heterocycles. The van der Waals surface area contributed by atoms with Crippen LogP contribution in [0.5, 0.6) is 0 Å². The van der Waals surface area contributed by atoms with Crippen molar-refractivity contribution in [2.75, 3.05) is 11.4 Å². The Morgan fingerprint density at radius 1 is 1.20 bits per heavy atom. The highest BCUT2D eigenvalue weighted by Gasteiger charge is 2.28. The monoisotopic (exact) mass is 337 g/mol. The lowest BCUT2D eigenvalue weighted by molar-refractivity contribution is 0.647. The summed E-state index contributed by atoms with van der Waals surface area (Å²) in [6.45, 7) is 7.22. The molecule has 0 fully saturated rings. The molecule has 2 aromatic heterocycles. The predicted molar refractivity (Wildman–Crippen MR) is 97.5 cm³/mol. The van der Waals surface area contributed by atoms with Crippen LogP contribution in [0.4, 0.5) is 11.6 Å². The van der Waals surface area contributed by atoms with Crippen molar-refractivity contribution in [3.8, 4) is 0 Å². The van der Waals surface area contributed by atoms with Crippen molar-refractivity contribution in [2.24, 2.45) is 7.05 Å². The predicted octanol–water partition coefficient (Wildman–Crippen LogP) is 1.62. The molecular weight excluding hydrogens is 318 g/mol. The molecule has 7 heteroatoms. The number of imidazole rings is 1. The lowest BCUT2D eigenvalue weighted by Gasteiger charge is -2.15. The second-order valence-corrected chi connectivity index (χ2v) is 6.41. The summed E-state index contributed by atoms with van der Waals surface area (Å²) in [4.78, 5) is 32.1. The molecule has 128 valence electrons. The van der Waals surface area contributed by atoms with E-state index in [1.54, 1.807) is 14.0 Å². The van der Waals surface area contributed by atoms with E-state index < -0.39 is 0 Å². The second kappa shape index (κ2) is 5.47. The SMILES string of the molecule is C=C(C)Cn1c(=O)c2c(nc3n2CCN3c2ccccc2)n(C)c1=O. The van der Waals surface area contributed by atoms with Crippen LogP contribution >= 0.6 is 0 Å². The molecule has 0 atom stereocenters. The van der Waals surface area contributed by atoms with Gasteiger partial charge in [0.2, 0.25) is 5.95 Å².